The summed E-state index contributed by atoms with van der Waals surface area (Å²) in [5, 5.41) is 9.51. The van der Waals surface area contributed by atoms with E-state index in [0.717, 1.165) is 30.3 Å². The minimum absolute atomic E-state index is 0.368. The van der Waals surface area contributed by atoms with E-state index in [9.17, 15) is 9.90 Å². The monoisotopic (exact) mass is 302 g/mol. The Balaban J connectivity index is 1.83. The van der Waals surface area contributed by atoms with Crippen LogP contribution in [0.5, 0.6) is 0 Å². The minimum atomic E-state index is -0.720. The van der Waals surface area contributed by atoms with Crippen molar-refractivity contribution in [2.24, 2.45) is 0 Å². The smallest absolute Gasteiger partial charge is 0.481 e. The third-order valence-electron chi connectivity index (χ3n) is 5.61. The number of aliphatic carboxylic acids is 1. The molecule has 5 heteroatoms. The van der Waals surface area contributed by atoms with Crippen LogP contribution in [0, 0.1) is 0 Å². The molecule has 1 aliphatic heterocycles. The standard InChI is InChI=1S/C17H23BO4/c1-15(2)16(3,4)22-18(21-15)13-8-6-12(7-9-13)17(14(19)20)10-5-11-17/h6-9H,5,10-11H2,1-4H3,(H,19,20). The lowest BCUT2D eigenvalue weighted by Gasteiger charge is -2.38. The Morgan fingerprint density at radius 2 is 1.55 bits per heavy atom. The van der Waals surface area contributed by atoms with Crippen LogP contribution >= 0.6 is 0 Å². The fourth-order valence-corrected chi connectivity index (χ4v) is 3.09. The predicted molar refractivity (Wildman–Crippen MR) is 85.3 cm³/mol. The van der Waals surface area contributed by atoms with Gasteiger partial charge in [0.05, 0.1) is 16.6 Å². The maximum absolute atomic E-state index is 11.6. The topological polar surface area (TPSA) is 55.8 Å². The van der Waals surface area contributed by atoms with Gasteiger partial charge in [-0.25, -0.2) is 0 Å². The van der Waals surface area contributed by atoms with Crippen LogP contribution in [-0.2, 0) is 19.5 Å². The molecule has 0 radical (unpaired) electrons. The molecule has 0 unspecified atom stereocenters. The van der Waals surface area contributed by atoms with Crippen molar-refractivity contribution in [2.45, 2.75) is 63.6 Å². The molecule has 1 N–H and O–H groups in total. The van der Waals surface area contributed by atoms with Crippen molar-refractivity contribution in [3.63, 3.8) is 0 Å². The van der Waals surface area contributed by atoms with Gasteiger partial charge in [-0.2, -0.15) is 0 Å². The highest BCUT2D eigenvalue weighted by atomic mass is 16.7. The Morgan fingerprint density at radius 3 is 1.91 bits per heavy atom. The second-order valence-electron chi connectivity index (χ2n) is 7.45. The van der Waals surface area contributed by atoms with Crippen molar-refractivity contribution < 1.29 is 19.2 Å². The summed E-state index contributed by atoms with van der Waals surface area (Å²) in [5.74, 6) is -0.720. The molecule has 22 heavy (non-hydrogen) atoms. The Kier molecular flexibility index (Phi) is 3.42. The van der Waals surface area contributed by atoms with Crippen LogP contribution in [-0.4, -0.2) is 29.4 Å². The maximum Gasteiger partial charge on any atom is 0.494 e. The van der Waals surface area contributed by atoms with Crippen molar-refractivity contribution in [2.75, 3.05) is 0 Å². The van der Waals surface area contributed by atoms with Gasteiger partial charge in [0.15, 0.2) is 0 Å². The van der Waals surface area contributed by atoms with Gasteiger partial charge in [-0.15, -0.1) is 0 Å². The Bertz CT molecular complexity index is 571. The Hall–Kier alpha value is -1.33. The van der Waals surface area contributed by atoms with Gasteiger partial charge in [-0.1, -0.05) is 30.7 Å². The fraction of sp³-hybridized carbons (Fsp3) is 0.588. The highest BCUT2D eigenvalue weighted by molar-refractivity contribution is 6.62. The quantitative estimate of drug-likeness (QED) is 0.872. The van der Waals surface area contributed by atoms with Crippen LogP contribution in [0.1, 0.15) is 52.5 Å². The zero-order valence-electron chi connectivity index (χ0n) is 13.7. The number of carbonyl (C=O) groups is 1. The molecule has 0 spiro atoms. The van der Waals surface area contributed by atoms with Gasteiger partial charge >= 0.3 is 13.1 Å². The first-order valence-electron chi connectivity index (χ1n) is 7.87. The minimum Gasteiger partial charge on any atom is -0.481 e. The van der Waals surface area contributed by atoms with E-state index in [1.54, 1.807) is 0 Å². The van der Waals surface area contributed by atoms with Crippen molar-refractivity contribution in [1.29, 1.82) is 0 Å². The molecule has 1 aromatic rings. The summed E-state index contributed by atoms with van der Waals surface area (Å²) in [7, 11) is -0.402. The SMILES string of the molecule is CC1(C)OB(c2ccc(C3(C(=O)O)CCC3)cc2)OC1(C)C. The van der Waals surface area contributed by atoms with Gasteiger partial charge in [0, 0.05) is 0 Å². The number of hydrogen-bond donors (Lipinski definition) is 1. The maximum atomic E-state index is 11.6. The van der Waals surface area contributed by atoms with Crippen LogP contribution < -0.4 is 5.46 Å². The highest BCUT2D eigenvalue weighted by Gasteiger charge is 2.52. The van der Waals surface area contributed by atoms with E-state index >= 15 is 0 Å². The van der Waals surface area contributed by atoms with Gasteiger partial charge in [-0.3, -0.25) is 4.79 Å². The van der Waals surface area contributed by atoms with Crippen molar-refractivity contribution in [3.05, 3.63) is 29.8 Å². The lowest BCUT2D eigenvalue weighted by atomic mass is 9.64. The number of carboxylic acids is 1. The molecule has 0 aromatic heterocycles. The van der Waals surface area contributed by atoms with Crippen LogP contribution in [0.3, 0.4) is 0 Å². The first kappa shape index (κ1) is 15.6. The Morgan fingerprint density at radius 1 is 1.05 bits per heavy atom. The summed E-state index contributed by atoms with van der Waals surface area (Å²) in [6.45, 7) is 8.09. The Labute approximate surface area is 132 Å². The number of benzene rings is 1. The molecule has 3 rings (SSSR count). The molecule has 0 atom stereocenters. The molecule has 1 saturated carbocycles. The predicted octanol–water partition coefficient (Wildman–Crippen LogP) is 2.49. The summed E-state index contributed by atoms with van der Waals surface area (Å²) < 4.78 is 12.0. The van der Waals surface area contributed by atoms with E-state index < -0.39 is 18.5 Å². The highest BCUT2D eigenvalue weighted by Crippen LogP contribution is 2.44. The average Bonchev–Trinajstić information content (AvgIpc) is 2.57. The lowest BCUT2D eigenvalue weighted by Crippen LogP contribution is -2.43. The van der Waals surface area contributed by atoms with E-state index in [1.165, 1.54) is 0 Å². The van der Waals surface area contributed by atoms with E-state index in [1.807, 2.05) is 52.0 Å². The van der Waals surface area contributed by atoms with Crippen molar-refractivity contribution >= 4 is 18.6 Å². The molecule has 0 bridgehead atoms. The van der Waals surface area contributed by atoms with E-state index in [2.05, 4.69) is 0 Å². The first-order chi connectivity index (χ1) is 10.2. The molecule has 2 fully saturated rings. The normalized spacial score (nSPS) is 24.8. The lowest BCUT2D eigenvalue weighted by molar-refractivity contribution is -0.147. The number of rotatable bonds is 3. The van der Waals surface area contributed by atoms with E-state index in [0.29, 0.717) is 0 Å². The van der Waals surface area contributed by atoms with E-state index in [4.69, 9.17) is 9.31 Å². The molecular formula is C17H23BO4. The first-order valence-corrected chi connectivity index (χ1v) is 7.87. The molecule has 118 valence electrons. The molecule has 1 heterocycles. The summed E-state index contributed by atoms with van der Waals surface area (Å²) in [4.78, 5) is 11.6. The zero-order valence-corrected chi connectivity index (χ0v) is 13.7. The molecular weight excluding hydrogens is 279 g/mol. The molecule has 1 aliphatic carbocycles. The summed E-state index contributed by atoms with van der Waals surface area (Å²) in [6, 6.07) is 7.68. The van der Waals surface area contributed by atoms with Crippen LogP contribution in [0.2, 0.25) is 0 Å². The zero-order chi connectivity index (χ0) is 16.2. The van der Waals surface area contributed by atoms with Crippen molar-refractivity contribution in [1.82, 2.24) is 0 Å². The van der Waals surface area contributed by atoms with E-state index in [-0.39, 0.29) is 11.2 Å². The fourth-order valence-electron chi connectivity index (χ4n) is 3.09. The third kappa shape index (κ3) is 2.18. The summed E-state index contributed by atoms with van der Waals surface area (Å²) >= 11 is 0. The van der Waals surface area contributed by atoms with Crippen LogP contribution in [0.25, 0.3) is 0 Å². The average molecular weight is 302 g/mol. The number of carboxylic acid groups (broad SMARTS) is 1. The number of hydrogen-bond acceptors (Lipinski definition) is 3. The van der Waals surface area contributed by atoms with Gasteiger partial charge in [0.25, 0.3) is 0 Å². The second-order valence-corrected chi connectivity index (χ2v) is 7.45. The third-order valence-corrected chi connectivity index (χ3v) is 5.61. The van der Waals surface area contributed by atoms with Gasteiger partial charge in [0.1, 0.15) is 0 Å². The van der Waals surface area contributed by atoms with Gasteiger partial charge in [0.2, 0.25) is 0 Å². The molecule has 2 aliphatic rings. The van der Waals surface area contributed by atoms with Crippen LogP contribution in [0.4, 0.5) is 0 Å². The van der Waals surface area contributed by atoms with Gasteiger partial charge < -0.3 is 14.4 Å². The second kappa shape index (κ2) is 4.83. The summed E-state index contributed by atoms with van der Waals surface area (Å²) in [6.07, 6.45) is 2.42. The molecule has 4 nitrogen and oxygen atoms in total. The van der Waals surface area contributed by atoms with Gasteiger partial charge in [-0.05, 0) is 51.6 Å². The molecule has 1 saturated heterocycles. The van der Waals surface area contributed by atoms with Crippen LogP contribution in [0.15, 0.2) is 24.3 Å². The largest absolute Gasteiger partial charge is 0.494 e. The molecule has 1 aromatic carbocycles. The summed E-state index contributed by atoms with van der Waals surface area (Å²) in [5.41, 5.74) is 0.391. The molecule has 0 amide bonds. The van der Waals surface area contributed by atoms with Crippen molar-refractivity contribution in [3.8, 4) is 0 Å².